The molecule has 0 aliphatic carbocycles. The fourth-order valence-corrected chi connectivity index (χ4v) is 2.08. The third-order valence-electron chi connectivity index (χ3n) is 2.39. The van der Waals surface area contributed by atoms with Gasteiger partial charge in [0.25, 0.3) is 0 Å². The minimum absolute atomic E-state index is 0.213. The first-order valence-electron chi connectivity index (χ1n) is 4.38. The molecule has 5 heteroatoms. The molecule has 1 aromatic rings. The maximum Gasteiger partial charge on any atom is 0.245 e. The SMILES string of the molecule is CC1(Cl)Cc2cc(Cl)c(Cl)cc2NC1=O. The van der Waals surface area contributed by atoms with Gasteiger partial charge in [0.15, 0.2) is 0 Å². The number of fused-ring (bicyclic) bond motifs is 1. The molecule has 1 aliphatic rings. The highest BCUT2D eigenvalue weighted by Crippen LogP contribution is 2.36. The second kappa shape index (κ2) is 3.55. The van der Waals surface area contributed by atoms with Gasteiger partial charge in [-0.2, -0.15) is 0 Å². The Balaban J connectivity index is 2.51. The maximum atomic E-state index is 11.6. The fourth-order valence-electron chi connectivity index (χ4n) is 1.54. The molecule has 15 heavy (non-hydrogen) atoms. The summed E-state index contributed by atoms with van der Waals surface area (Å²) in [5, 5.41) is 3.60. The van der Waals surface area contributed by atoms with Crippen molar-refractivity contribution in [2.24, 2.45) is 0 Å². The number of carbonyl (C=O) groups is 1. The van der Waals surface area contributed by atoms with Crippen LogP contribution in [-0.2, 0) is 11.2 Å². The summed E-state index contributed by atoms with van der Waals surface area (Å²) in [6.45, 7) is 1.68. The molecule has 0 saturated carbocycles. The molecule has 1 heterocycles. The summed E-state index contributed by atoms with van der Waals surface area (Å²) >= 11 is 17.8. The molecule has 0 bridgehead atoms. The van der Waals surface area contributed by atoms with Gasteiger partial charge in [0.1, 0.15) is 4.87 Å². The molecule has 0 radical (unpaired) electrons. The molecule has 1 amide bonds. The Labute approximate surface area is 103 Å². The minimum atomic E-state index is -0.913. The molecule has 1 N–H and O–H groups in total. The summed E-state index contributed by atoms with van der Waals surface area (Å²) in [7, 11) is 0. The monoisotopic (exact) mass is 263 g/mol. The lowest BCUT2D eigenvalue weighted by Crippen LogP contribution is -2.40. The smallest absolute Gasteiger partial charge is 0.245 e. The number of carbonyl (C=O) groups excluding carboxylic acids is 1. The summed E-state index contributed by atoms with van der Waals surface area (Å²) < 4.78 is 0. The lowest BCUT2D eigenvalue weighted by Gasteiger charge is -2.28. The molecule has 1 aromatic carbocycles. The van der Waals surface area contributed by atoms with E-state index in [4.69, 9.17) is 34.8 Å². The Hall–Kier alpha value is -0.440. The highest BCUT2D eigenvalue weighted by Gasteiger charge is 2.36. The summed E-state index contributed by atoms with van der Waals surface area (Å²) in [6.07, 6.45) is 0.451. The van der Waals surface area contributed by atoms with Crippen LogP contribution in [0.5, 0.6) is 0 Å². The van der Waals surface area contributed by atoms with Crippen molar-refractivity contribution in [3.63, 3.8) is 0 Å². The first-order chi connectivity index (χ1) is 6.90. The van der Waals surface area contributed by atoms with E-state index >= 15 is 0 Å². The number of rotatable bonds is 0. The summed E-state index contributed by atoms with van der Waals surface area (Å²) in [5.74, 6) is -0.213. The Morgan fingerprint density at radius 3 is 2.60 bits per heavy atom. The van der Waals surface area contributed by atoms with Crippen molar-refractivity contribution >= 4 is 46.4 Å². The zero-order valence-corrected chi connectivity index (χ0v) is 10.2. The van der Waals surface area contributed by atoms with Crippen molar-refractivity contribution in [1.82, 2.24) is 0 Å². The number of alkyl halides is 1. The van der Waals surface area contributed by atoms with Crippen molar-refractivity contribution in [2.45, 2.75) is 18.2 Å². The normalized spacial score (nSPS) is 24.7. The predicted molar refractivity (Wildman–Crippen MR) is 63.1 cm³/mol. The number of hydrogen-bond acceptors (Lipinski definition) is 1. The van der Waals surface area contributed by atoms with Gasteiger partial charge in [-0.3, -0.25) is 4.79 Å². The van der Waals surface area contributed by atoms with Crippen LogP contribution in [0.4, 0.5) is 5.69 Å². The van der Waals surface area contributed by atoms with Crippen LogP contribution in [0.1, 0.15) is 12.5 Å². The second-order valence-corrected chi connectivity index (χ2v) is 5.40. The van der Waals surface area contributed by atoms with Crippen LogP contribution < -0.4 is 5.32 Å². The lowest BCUT2D eigenvalue weighted by atomic mass is 9.94. The molecule has 0 aromatic heterocycles. The van der Waals surface area contributed by atoms with Gasteiger partial charge in [-0.15, -0.1) is 11.6 Å². The molecular formula is C10H8Cl3NO. The number of amides is 1. The van der Waals surface area contributed by atoms with Gasteiger partial charge in [0.2, 0.25) is 5.91 Å². The van der Waals surface area contributed by atoms with E-state index < -0.39 is 4.87 Å². The minimum Gasteiger partial charge on any atom is -0.324 e. The highest BCUT2D eigenvalue weighted by atomic mass is 35.5. The Kier molecular flexibility index (Phi) is 2.61. The largest absolute Gasteiger partial charge is 0.324 e. The zero-order valence-electron chi connectivity index (χ0n) is 7.90. The highest BCUT2D eigenvalue weighted by molar-refractivity contribution is 6.42. The molecule has 2 nitrogen and oxygen atoms in total. The summed E-state index contributed by atoms with van der Waals surface area (Å²) in [6, 6.07) is 3.38. The van der Waals surface area contributed by atoms with E-state index in [2.05, 4.69) is 5.32 Å². The quantitative estimate of drug-likeness (QED) is 0.714. The number of nitrogens with one attached hydrogen (secondary N) is 1. The second-order valence-electron chi connectivity index (χ2n) is 3.75. The van der Waals surface area contributed by atoms with Gasteiger partial charge < -0.3 is 5.32 Å². The van der Waals surface area contributed by atoms with E-state index in [-0.39, 0.29) is 5.91 Å². The van der Waals surface area contributed by atoms with Gasteiger partial charge in [-0.1, -0.05) is 23.2 Å². The average Bonchev–Trinajstić information content (AvgIpc) is 2.11. The maximum absolute atomic E-state index is 11.6. The molecule has 0 fully saturated rings. The lowest BCUT2D eigenvalue weighted by molar-refractivity contribution is -0.118. The Morgan fingerprint density at radius 2 is 1.93 bits per heavy atom. The van der Waals surface area contributed by atoms with Crippen molar-refractivity contribution in [3.05, 3.63) is 27.7 Å². The standard InChI is InChI=1S/C10H8Cl3NO/c1-10(13)4-5-2-6(11)7(12)3-8(5)14-9(10)15/h2-3H,4H2,1H3,(H,14,15). The molecule has 2 rings (SSSR count). The number of halogens is 3. The third-order valence-corrected chi connectivity index (χ3v) is 3.42. The first kappa shape index (κ1) is 11.1. The van der Waals surface area contributed by atoms with Crippen LogP contribution in [-0.4, -0.2) is 10.8 Å². The van der Waals surface area contributed by atoms with E-state index in [9.17, 15) is 4.79 Å². The van der Waals surface area contributed by atoms with Crippen molar-refractivity contribution in [3.8, 4) is 0 Å². The summed E-state index contributed by atoms with van der Waals surface area (Å²) in [5.41, 5.74) is 1.59. The number of hydrogen-bond donors (Lipinski definition) is 1. The Morgan fingerprint density at radius 1 is 1.33 bits per heavy atom. The van der Waals surface area contributed by atoms with Gasteiger partial charge in [0, 0.05) is 12.1 Å². The van der Waals surface area contributed by atoms with E-state index in [0.29, 0.717) is 22.2 Å². The molecule has 0 spiro atoms. The molecule has 1 atom stereocenters. The van der Waals surface area contributed by atoms with E-state index in [0.717, 1.165) is 5.56 Å². The van der Waals surface area contributed by atoms with Gasteiger partial charge in [-0.25, -0.2) is 0 Å². The van der Waals surface area contributed by atoms with E-state index in [1.54, 1.807) is 19.1 Å². The van der Waals surface area contributed by atoms with Crippen molar-refractivity contribution in [1.29, 1.82) is 0 Å². The predicted octanol–water partition coefficient (Wildman–Crippen LogP) is 3.49. The molecule has 1 unspecified atom stereocenters. The number of anilines is 1. The molecule has 0 saturated heterocycles. The van der Waals surface area contributed by atoms with Crippen molar-refractivity contribution < 1.29 is 4.79 Å². The number of benzene rings is 1. The third kappa shape index (κ3) is 1.94. The topological polar surface area (TPSA) is 29.1 Å². The van der Waals surface area contributed by atoms with Crippen molar-refractivity contribution in [2.75, 3.05) is 5.32 Å². The van der Waals surface area contributed by atoms with Gasteiger partial charge >= 0.3 is 0 Å². The van der Waals surface area contributed by atoms with Crippen LogP contribution >= 0.6 is 34.8 Å². The molecular weight excluding hydrogens is 256 g/mol. The zero-order chi connectivity index (χ0) is 11.2. The van der Waals surface area contributed by atoms with Gasteiger partial charge in [0.05, 0.1) is 10.0 Å². The van der Waals surface area contributed by atoms with Crippen LogP contribution in [0.3, 0.4) is 0 Å². The first-order valence-corrected chi connectivity index (χ1v) is 5.52. The van der Waals surface area contributed by atoms with E-state index in [1.165, 1.54) is 0 Å². The van der Waals surface area contributed by atoms with Crippen LogP contribution in [0.25, 0.3) is 0 Å². The average molecular weight is 265 g/mol. The Bertz CT molecular complexity index is 443. The summed E-state index contributed by atoms with van der Waals surface area (Å²) in [4.78, 5) is 10.6. The molecule has 1 aliphatic heterocycles. The van der Waals surface area contributed by atoms with Crippen LogP contribution in [0, 0.1) is 0 Å². The van der Waals surface area contributed by atoms with E-state index in [1.807, 2.05) is 0 Å². The van der Waals surface area contributed by atoms with Gasteiger partial charge in [-0.05, 0) is 24.6 Å². The molecule has 80 valence electrons. The fraction of sp³-hybridized carbons (Fsp3) is 0.300. The van der Waals surface area contributed by atoms with Crippen LogP contribution in [0.2, 0.25) is 10.0 Å². The van der Waals surface area contributed by atoms with Crippen LogP contribution in [0.15, 0.2) is 12.1 Å².